The summed E-state index contributed by atoms with van der Waals surface area (Å²) in [7, 11) is 0. The number of nitrogens with two attached hydrogens (primary N) is 1. The molecular formula is C12H19N3O. The number of aromatic nitrogens is 2. The lowest BCUT2D eigenvalue weighted by Crippen LogP contribution is -2.21. The Balaban J connectivity index is 1.75. The van der Waals surface area contributed by atoms with E-state index < -0.39 is 0 Å². The van der Waals surface area contributed by atoms with Gasteiger partial charge in [-0.05, 0) is 31.6 Å². The summed E-state index contributed by atoms with van der Waals surface area (Å²) in [5.41, 5.74) is 7.26. The first-order valence-corrected chi connectivity index (χ1v) is 6.22. The smallest absolute Gasteiger partial charge is 0.125 e. The maximum atomic E-state index is 6.06. The number of imidazole rings is 1. The maximum Gasteiger partial charge on any atom is 0.125 e. The minimum absolute atomic E-state index is 0.141. The van der Waals surface area contributed by atoms with Crippen LogP contribution in [0.15, 0.2) is 6.20 Å². The molecule has 1 fully saturated rings. The summed E-state index contributed by atoms with van der Waals surface area (Å²) in [5, 5.41) is 0. The lowest BCUT2D eigenvalue weighted by atomic mass is 10.0. The predicted octanol–water partition coefficient (Wildman–Crippen LogP) is 1.26. The molecule has 1 saturated heterocycles. The molecule has 0 saturated carbocycles. The third-order valence-corrected chi connectivity index (χ3v) is 3.62. The first-order valence-electron chi connectivity index (χ1n) is 6.22. The molecule has 0 amide bonds. The fraction of sp³-hybridized carbons (Fsp3) is 0.750. The van der Waals surface area contributed by atoms with Crippen molar-refractivity contribution in [2.24, 2.45) is 11.7 Å². The van der Waals surface area contributed by atoms with Crippen LogP contribution in [-0.4, -0.2) is 22.8 Å². The molecule has 2 N–H and O–H groups in total. The molecule has 0 aliphatic carbocycles. The number of hydrogen-bond donors (Lipinski definition) is 1. The third-order valence-electron chi connectivity index (χ3n) is 3.62. The van der Waals surface area contributed by atoms with Crippen LogP contribution in [0.4, 0.5) is 0 Å². The van der Waals surface area contributed by atoms with Crippen molar-refractivity contribution in [3.05, 3.63) is 17.7 Å². The van der Waals surface area contributed by atoms with Gasteiger partial charge in [-0.1, -0.05) is 0 Å². The number of nitrogens with zero attached hydrogens (tertiary/aromatic N) is 2. The summed E-state index contributed by atoms with van der Waals surface area (Å²) in [6.45, 7) is 2.89. The Morgan fingerprint density at radius 1 is 1.50 bits per heavy atom. The van der Waals surface area contributed by atoms with Crippen LogP contribution in [0.25, 0.3) is 0 Å². The van der Waals surface area contributed by atoms with Crippen molar-refractivity contribution in [1.82, 2.24) is 9.55 Å². The Morgan fingerprint density at radius 2 is 2.44 bits per heavy atom. The molecule has 3 heterocycles. The highest BCUT2D eigenvalue weighted by atomic mass is 16.5. The van der Waals surface area contributed by atoms with Crippen LogP contribution in [0.1, 0.15) is 36.8 Å². The largest absolute Gasteiger partial charge is 0.381 e. The van der Waals surface area contributed by atoms with Crippen molar-refractivity contribution in [1.29, 1.82) is 0 Å². The molecule has 3 rings (SSSR count). The van der Waals surface area contributed by atoms with Gasteiger partial charge >= 0.3 is 0 Å². The highest BCUT2D eigenvalue weighted by molar-refractivity contribution is 5.10. The predicted molar refractivity (Wildman–Crippen MR) is 61.0 cm³/mol. The van der Waals surface area contributed by atoms with Crippen molar-refractivity contribution in [2.45, 2.75) is 38.3 Å². The topological polar surface area (TPSA) is 53.1 Å². The Bertz CT molecular complexity index is 368. The molecule has 2 unspecified atom stereocenters. The van der Waals surface area contributed by atoms with Gasteiger partial charge in [0.05, 0.1) is 11.7 Å². The fourth-order valence-corrected chi connectivity index (χ4v) is 2.71. The van der Waals surface area contributed by atoms with Gasteiger partial charge in [-0.3, -0.25) is 0 Å². The summed E-state index contributed by atoms with van der Waals surface area (Å²) in [6.07, 6.45) is 6.66. The van der Waals surface area contributed by atoms with Gasteiger partial charge in [0.25, 0.3) is 0 Å². The second kappa shape index (κ2) is 4.18. The van der Waals surface area contributed by atoms with Crippen molar-refractivity contribution in [3.63, 3.8) is 0 Å². The number of fused-ring (bicyclic) bond motifs is 1. The van der Waals surface area contributed by atoms with Gasteiger partial charge in [-0.2, -0.15) is 0 Å². The van der Waals surface area contributed by atoms with Gasteiger partial charge in [0.15, 0.2) is 0 Å². The normalized spacial score (nSPS) is 29.3. The zero-order valence-corrected chi connectivity index (χ0v) is 9.56. The van der Waals surface area contributed by atoms with Crippen LogP contribution in [0.3, 0.4) is 0 Å². The van der Waals surface area contributed by atoms with E-state index in [1.54, 1.807) is 0 Å². The summed E-state index contributed by atoms with van der Waals surface area (Å²) >= 11 is 0. The third kappa shape index (κ3) is 1.87. The Morgan fingerprint density at radius 3 is 3.19 bits per heavy atom. The second-order valence-corrected chi connectivity index (χ2v) is 4.97. The standard InChI is InChI=1S/C12H19N3O/c13-11-2-1-4-15-7-10(14-12(11)15)6-9-3-5-16-8-9/h7,9,11H,1-6,8,13H2. The van der Waals surface area contributed by atoms with Crippen molar-refractivity contribution >= 4 is 0 Å². The van der Waals surface area contributed by atoms with Crippen LogP contribution < -0.4 is 5.73 Å². The highest BCUT2D eigenvalue weighted by Gasteiger charge is 2.22. The van der Waals surface area contributed by atoms with Crippen LogP contribution in [-0.2, 0) is 17.7 Å². The van der Waals surface area contributed by atoms with Gasteiger partial charge in [0.2, 0.25) is 0 Å². The number of aryl methyl sites for hydroxylation is 1. The van der Waals surface area contributed by atoms with E-state index in [1.165, 1.54) is 18.5 Å². The van der Waals surface area contributed by atoms with E-state index in [1.807, 2.05) is 0 Å². The van der Waals surface area contributed by atoms with E-state index in [-0.39, 0.29) is 6.04 Å². The molecule has 2 aliphatic heterocycles. The molecule has 0 aromatic carbocycles. The fourth-order valence-electron chi connectivity index (χ4n) is 2.71. The van der Waals surface area contributed by atoms with Crippen molar-refractivity contribution < 1.29 is 4.74 Å². The zero-order chi connectivity index (χ0) is 11.0. The zero-order valence-electron chi connectivity index (χ0n) is 9.56. The van der Waals surface area contributed by atoms with Gasteiger partial charge in [0.1, 0.15) is 5.82 Å². The Kier molecular flexibility index (Phi) is 2.69. The average Bonchev–Trinajstić information content (AvgIpc) is 2.88. The van der Waals surface area contributed by atoms with Crippen LogP contribution >= 0.6 is 0 Å². The minimum atomic E-state index is 0.141. The molecule has 4 heteroatoms. The van der Waals surface area contributed by atoms with Crippen LogP contribution in [0.5, 0.6) is 0 Å². The highest BCUT2D eigenvalue weighted by Crippen LogP contribution is 2.24. The molecule has 1 aromatic heterocycles. The molecule has 1 aromatic rings. The lowest BCUT2D eigenvalue weighted by molar-refractivity contribution is 0.185. The van der Waals surface area contributed by atoms with E-state index >= 15 is 0 Å². The maximum absolute atomic E-state index is 6.06. The average molecular weight is 221 g/mol. The SMILES string of the molecule is NC1CCCn2cc(CC3CCOC3)nc21. The van der Waals surface area contributed by atoms with Gasteiger partial charge in [-0.25, -0.2) is 4.98 Å². The molecule has 88 valence electrons. The Hall–Kier alpha value is -0.870. The van der Waals surface area contributed by atoms with Crippen LogP contribution in [0, 0.1) is 5.92 Å². The van der Waals surface area contributed by atoms with Crippen molar-refractivity contribution in [2.75, 3.05) is 13.2 Å². The number of rotatable bonds is 2. The molecule has 2 atom stereocenters. The monoisotopic (exact) mass is 221 g/mol. The molecule has 2 aliphatic rings. The summed E-state index contributed by atoms with van der Waals surface area (Å²) in [4.78, 5) is 4.68. The van der Waals surface area contributed by atoms with E-state index in [4.69, 9.17) is 10.5 Å². The summed E-state index contributed by atoms with van der Waals surface area (Å²) in [5.74, 6) is 1.74. The van der Waals surface area contributed by atoms with E-state index in [0.29, 0.717) is 5.92 Å². The molecule has 16 heavy (non-hydrogen) atoms. The molecule has 0 bridgehead atoms. The lowest BCUT2D eigenvalue weighted by Gasteiger charge is -2.19. The minimum Gasteiger partial charge on any atom is -0.381 e. The van der Waals surface area contributed by atoms with E-state index in [2.05, 4.69) is 15.7 Å². The first-order chi connectivity index (χ1) is 7.83. The van der Waals surface area contributed by atoms with Crippen molar-refractivity contribution in [3.8, 4) is 0 Å². The van der Waals surface area contributed by atoms with E-state index in [9.17, 15) is 0 Å². The number of hydrogen-bond acceptors (Lipinski definition) is 3. The van der Waals surface area contributed by atoms with Gasteiger partial charge in [-0.15, -0.1) is 0 Å². The van der Waals surface area contributed by atoms with Gasteiger partial charge < -0.3 is 15.0 Å². The molecular weight excluding hydrogens is 202 g/mol. The second-order valence-electron chi connectivity index (χ2n) is 4.97. The summed E-state index contributed by atoms with van der Waals surface area (Å²) < 4.78 is 7.63. The molecule has 4 nitrogen and oxygen atoms in total. The van der Waals surface area contributed by atoms with E-state index in [0.717, 1.165) is 38.4 Å². The first kappa shape index (κ1) is 10.3. The summed E-state index contributed by atoms with van der Waals surface area (Å²) in [6, 6.07) is 0.141. The molecule has 0 spiro atoms. The Labute approximate surface area is 95.8 Å². The van der Waals surface area contributed by atoms with Gasteiger partial charge in [0, 0.05) is 26.0 Å². The molecule has 0 radical (unpaired) electrons. The quantitative estimate of drug-likeness (QED) is 0.818. The van der Waals surface area contributed by atoms with Crippen LogP contribution in [0.2, 0.25) is 0 Å². The number of ether oxygens (including phenoxy) is 1.